The molecule has 2 aliphatic heterocycles. The van der Waals surface area contributed by atoms with Gasteiger partial charge in [0.15, 0.2) is 0 Å². The van der Waals surface area contributed by atoms with Crippen LogP contribution >= 0.6 is 0 Å². The van der Waals surface area contributed by atoms with Gasteiger partial charge in [0.2, 0.25) is 26.8 Å². The van der Waals surface area contributed by atoms with Gasteiger partial charge in [-0.25, -0.2) is 13.4 Å². The van der Waals surface area contributed by atoms with E-state index in [-0.39, 0.29) is 35.5 Å². The molecule has 2 heterocycles. The maximum absolute atomic E-state index is 13.5. The first-order valence-corrected chi connectivity index (χ1v) is 14.0. The summed E-state index contributed by atoms with van der Waals surface area (Å²) in [6.07, 6.45) is 0.717. The van der Waals surface area contributed by atoms with E-state index in [1.165, 1.54) is 12.1 Å². The van der Waals surface area contributed by atoms with Gasteiger partial charge >= 0.3 is 6.18 Å². The van der Waals surface area contributed by atoms with Crippen LogP contribution in [0.5, 0.6) is 0 Å². The molecule has 0 radical (unpaired) electrons. The zero-order chi connectivity index (χ0) is 28.3. The molecule has 2 saturated heterocycles. The molecule has 208 valence electrons. The first-order valence-electron chi connectivity index (χ1n) is 12.1. The molecule has 13 heteroatoms. The quantitative estimate of drug-likeness (QED) is 0.328. The van der Waals surface area contributed by atoms with Crippen LogP contribution in [-0.2, 0) is 25.6 Å². The molecule has 9 nitrogen and oxygen atoms in total. The Morgan fingerprint density at radius 1 is 1.24 bits per heavy atom. The van der Waals surface area contributed by atoms with E-state index < -0.39 is 26.7 Å². The topological polar surface area (TPSA) is 116 Å². The number of nitrogens with zero attached hydrogens (tertiary/aromatic N) is 4. The van der Waals surface area contributed by atoms with Crippen molar-refractivity contribution in [1.82, 2.24) is 9.80 Å². The molecule has 1 unspecified atom stereocenters. The molecular formula is C25H32F3N5O4S. The maximum atomic E-state index is 13.5. The highest BCUT2D eigenvalue weighted by Gasteiger charge is 2.34. The number of hydrogen-bond donors (Lipinski definition) is 1. The van der Waals surface area contributed by atoms with Gasteiger partial charge in [0.1, 0.15) is 0 Å². The summed E-state index contributed by atoms with van der Waals surface area (Å²) in [6, 6.07) is 2.99. The largest absolute Gasteiger partial charge is 0.416 e. The van der Waals surface area contributed by atoms with Gasteiger partial charge < -0.3 is 20.4 Å². The second-order valence-corrected chi connectivity index (χ2v) is 11.4. The van der Waals surface area contributed by atoms with Crippen LogP contribution < -0.4 is 10.6 Å². The number of amidine groups is 1. The minimum atomic E-state index is -4.61. The number of rotatable bonds is 6. The van der Waals surface area contributed by atoms with Gasteiger partial charge in [-0.1, -0.05) is 12.7 Å². The lowest BCUT2D eigenvalue weighted by Crippen LogP contribution is -2.56. The number of amides is 2. The van der Waals surface area contributed by atoms with Crippen LogP contribution in [0.1, 0.15) is 37.3 Å². The monoisotopic (exact) mass is 555 g/mol. The number of allylic oxidation sites excluding steroid dienone is 2. The van der Waals surface area contributed by atoms with Crippen molar-refractivity contribution < 1.29 is 31.2 Å². The van der Waals surface area contributed by atoms with E-state index in [0.29, 0.717) is 38.3 Å². The van der Waals surface area contributed by atoms with Gasteiger partial charge in [0.05, 0.1) is 12.1 Å². The fourth-order valence-electron chi connectivity index (χ4n) is 4.51. The Hall–Kier alpha value is -3.35. The highest BCUT2D eigenvalue weighted by molar-refractivity contribution is 8.05. The van der Waals surface area contributed by atoms with Crippen molar-refractivity contribution in [3.63, 3.8) is 0 Å². The zero-order valence-electron chi connectivity index (χ0n) is 21.4. The fraction of sp³-hybridized carbons (Fsp3) is 0.480. The Morgan fingerprint density at radius 3 is 2.53 bits per heavy atom. The van der Waals surface area contributed by atoms with Crippen molar-refractivity contribution in [2.45, 2.75) is 38.4 Å². The number of nitrogens with two attached hydrogens (primary N) is 1. The average molecular weight is 556 g/mol. The first-order chi connectivity index (χ1) is 17.7. The van der Waals surface area contributed by atoms with Crippen LogP contribution in [0.15, 0.2) is 42.0 Å². The molecule has 1 aromatic carbocycles. The smallest absolute Gasteiger partial charge is 0.374 e. The van der Waals surface area contributed by atoms with Crippen LogP contribution in [0, 0.1) is 0 Å². The normalized spacial score (nSPS) is 20.1. The standard InChI is InChI=1S/C25H32F3N5O4S/c1-4-18(14-30-24(29)38(3,36)37)20-13-19(25(26,27)28)8-9-21(20)31-11-12-33(17(2)15-31)23(35)16-32-10-6-5-7-22(32)34/h4,8-9,13-14,17H,1,5-7,10-12,15-16H2,2-3H3,(H2,29,30)/b18-14+. The molecule has 0 spiro atoms. The van der Waals surface area contributed by atoms with Gasteiger partial charge in [0, 0.05) is 67.9 Å². The van der Waals surface area contributed by atoms with Crippen molar-refractivity contribution in [1.29, 1.82) is 0 Å². The summed E-state index contributed by atoms with van der Waals surface area (Å²) in [6.45, 7) is 7.04. The summed E-state index contributed by atoms with van der Waals surface area (Å²) < 4.78 is 63.9. The number of hydrogen-bond acceptors (Lipinski definition) is 6. The summed E-state index contributed by atoms with van der Waals surface area (Å²) in [7, 11) is -3.79. The molecule has 3 rings (SSSR count). The van der Waals surface area contributed by atoms with E-state index in [4.69, 9.17) is 5.73 Å². The average Bonchev–Trinajstić information content (AvgIpc) is 2.84. The maximum Gasteiger partial charge on any atom is 0.416 e. The molecule has 0 saturated carbocycles. The Balaban J connectivity index is 1.89. The van der Waals surface area contributed by atoms with E-state index >= 15 is 0 Å². The van der Waals surface area contributed by atoms with E-state index in [1.807, 2.05) is 11.8 Å². The number of carbonyl (C=O) groups excluding carboxylic acids is 2. The van der Waals surface area contributed by atoms with Gasteiger partial charge in [0.25, 0.3) is 0 Å². The Labute approximate surface area is 220 Å². The molecule has 2 N–H and O–H groups in total. The molecular weight excluding hydrogens is 523 g/mol. The summed E-state index contributed by atoms with van der Waals surface area (Å²) in [4.78, 5) is 33.9. The molecule has 1 aromatic rings. The van der Waals surface area contributed by atoms with Crippen LogP contribution in [0.2, 0.25) is 0 Å². The van der Waals surface area contributed by atoms with E-state index in [0.717, 1.165) is 37.4 Å². The predicted octanol–water partition coefficient (Wildman–Crippen LogP) is 2.64. The van der Waals surface area contributed by atoms with Crippen molar-refractivity contribution in [3.8, 4) is 0 Å². The van der Waals surface area contributed by atoms with Crippen LogP contribution in [0.25, 0.3) is 5.57 Å². The SMILES string of the molecule is C=C/C(=C\N=C(/N)S(C)(=O)=O)c1cc(C(F)(F)F)ccc1N1CCN(C(=O)CN2CCCCC2=O)C(C)C1. The number of likely N-dealkylation sites (tertiary alicyclic amines) is 1. The minimum absolute atomic E-state index is 0.0117. The predicted molar refractivity (Wildman–Crippen MR) is 140 cm³/mol. The van der Waals surface area contributed by atoms with Gasteiger partial charge in [-0.15, -0.1) is 0 Å². The third-order valence-electron chi connectivity index (χ3n) is 6.60. The number of benzene rings is 1. The number of piperazine rings is 1. The molecule has 0 aliphatic carbocycles. The highest BCUT2D eigenvalue weighted by atomic mass is 32.2. The van der Waals surface area contributed by atoms with E-state index in [1.54, 1.807) is 9.80 Å². The Bertz CT molecular complexity index is 1260. The summed E-state index contributed by atoms with van der Waals surface area (Å²) in [5.41, 5.74) is 5.33. The van der Waals surface area contributed by atoms with Crippen molar-refractivity contribution in [3.05, 3.63) is 48.2 Å². The Morgan fingerprint density at radius 2 is 1.95 bits per heavy atom. The highest BCUT2D eigenvalue weighted by Crippen LogP contribution is 2.37. The number of anilines is 1. The van der Waals surface area contributed by atoms with Gasteiger partial charge in [-0.05, 0) is 38.0 Å². The number of sulfone groups is 1. The summed E-state index contributed by atoms with van der Waals surface area (Å²) in [5, 5.41) is -0.682. The molecule has 2 fully saturated rings. The number of aliphatic imine (C=N–C) groups is 1. The Kier molecular flexibility index (Phi) is 8.90. The second kappa shape index (κ2) is 11.6. The number of piperidine rings is 1. The van der Waals surface area contributed by atoms with Crippen molar-refractivity contribution in [2.75, 3.05) is 43.9 Å². The fourth-order valence-corrected chi connectivity index (χ4v) is 4.75. The molecule has 2 amide bonds. The summed E-state index contributed by atoms with van der Waals surface area (Å²) >= 11 is 0. The van der Waals surface area contributed by atoms with E-state index in [2.05, 4.69) is 11.6 Å². The van der Waals surface area contributed by atoms with E-state index in [9.17, 15) is 31.2 Å². The first kappa shape index (κ1) is 29.2. The van der Waals surface area contributed by atoms with Crippen LogP contribution in [-0.4, -0.2) is 80.2 Å². The third-order valence-corrected chi connectivity index (χ3v) is 7.47. The van der Waals surface area contributed by atoms with Crippen LogP contribution in [0.3, 0.4) is 0 Å². The third kappa shape index (κ3) is 6.94. The molecule has 0 bridgehead atoms. The second-order valence-electron chi connectivity index (χ2n) is 9.41. The number of alkyl halides is 3. The lowest BCUT2D eigenvalue weighted by atomic mass is 9.99. The molecule has 0 aromatic heterocycles. The lowest BCUT2D eigenvalue weighted by molar-refractivity contribution is -0.143. The molecule has 1 atom stereocenters. The number of carbonyl (C=O) groups is 2. The van der Waals surface area contributed by atoms with Crippen molar-refractivity contribution >= 4 is 38.1 Å². The number of halogens is 3. The summed E-state index contributed by atoms with van der Waals surface area (Å²) in [5.74, 6) is -0.203. The van der Waals surface area contributed by atoms with Gasteiger partial charge in [-0.3, -0.25) is 9.59 Å². The minimum Gasteiger partial charge on any atom is -0.374 e. The van der Waals surface area contributed by atoms with Gasteiger partial charge in [-0.2, -0.15) is 13.2 Å². The van der Waals surface area contributed by atoms with Crippen molar-refractivity contribution in [2.24, 2.45) is 10.7 Å². The molecule has 2 aliphatic rings. The molecule has 38 heavy (non-hydrogen) atoms. The lowest BCUT2D eigenvalue weighted by Gasteiger charge is -2.42. The van der Waals surface area contributed by atoms with Crippen LogP contribution in [0.4, 0.5) is 18.9 Å². The zero-order valence-corrected chi connectivity index (χ0v) is 22.2.